The molecular formula is C12H19BrN2O. The summed E-state index contributed by atoms with van der Waals surface area (Å²) >= 11 is 3.50. The van der Waals surface area contributed by atoms with E-state index in [1.165, 1.54) is 0 Å². The first-order valence-electron chi connectivity index (χ1n) is 5.69. The molecule has 1 aromatic rings. The summed E-state index contributed by atoms with van der Waals surface area (Å²) in [6.07, 6.45) is 2.27. The molecule has 1 aromatic heterocycles. The molecule has 0 spiro atoms. The predicted molar refractivity (Wildman–Crippen MR) is 70.2 cm³/mol. The number of halogens is 1. The van der Waals surface area contributed by atoms with Crippen molar-refractivity contribution in [2.24, 2.45) is 5.92 Å². The van der Waals surface area contributed by atoms with Gasteiger partial charge in [-0.3, -0.25) is 9.36 Å². The van der Waals surface area contributed by atoms with E-state index in [-0.39, 0.29) is 5.56 Å². The predicted octanol–water partition coefficient (Wildman–Crippen LogP) is 2.67. The maximum atomic E-state index is 11.8. The molecule has 1 atom stereocenters. The Hall–Kier alpha value is -0.640. The lowest BCUT2D eigenvalue weighted by molar-refractivity contribution is 0.436. The van der Waals surface area contributed by atoms with Gasteiger partial charge in [-0.25, -0.2) is 4.98 Å². The first-order chi connectivity index (χ1) is 7.58. The van der Waals surface area contributed by atoms with Crippen LogP contribution in [-0.4, -0.2) is 14.9 Å². The number of aromatic nitrogens is 2. The van der Waals surface area contributed by atoms with E-state index in [0.717, 1.165) is 36.2 Å². The van der Waals surface area contributed by atoms with Gasteiger partial charge < -0.3 is 0 Å². The quantitative estimate of drug-likeness (QED) is 0.780. The fourth-order valence-electron chi connectivity index (χ4n) is 1.87. The van der Waals surface area contributed by atoms with Crippen molar-refractivity contribution < 1.29 is 0 Å². The Morgan fingerprint density at radius 1 is 1.50 bits per heavy atom. The minimum atomic E-state index is 0.0621. The summed E-state index contributed by atoms with van der Waals surface area (Å²) in [6, 6.07) is 1.60. The van der Waals surface area contributed by atoms with Gasteiger partial charge >= 0.3 is 0 Å². The van der Waals surface area contributed by atoms with Gasteiger partial charge in [0.25, 0.3) is 5.56 Å². The normalized spacial score (nSPS) is 12.8. The van der Waals surface area contributed by atoms with Gasteiger partial charge in [-0.15, -0.1) is 0 Å². The van der Waals surface area contributed by atoms with E-state index in [1.807, 2.05) is 13.8 Å². The summed E-state index contributed by atoms with van der Waals surface area (Å²) in [5.74, 6) is 1.32. The van der Waals surface area contributed by atoms with Crippen molar-refractivity contribution in [1.82, 2.24) is 9.55 Å². The highest BCUT2D eigenvalue weighted by molar-refractivity contribution is 9.09. The van der Waals surface area contributed by atoms with Crippen molar-refractivity contribution in [3.05, 3.63) is 27.9 Å². The van der Waals surface area contributed by atoms with Crippen molar-refractivity contribution in [2.75, 3.05) is 5.33 Å². The lowest BCUT2D eigenvalue weighted by Crippen LogP contribution is -2.27. The molecule has 0 aliphatic heterocycles. The molecule has 0 bridgehead atoms. The van der Waals surface area contributed by atoms with Gasteiger partial charge in [0.05, 0.1) is 0 Å². The Bertz CT molecular complexity index is 400. The summed E-state index contributed by atoms with van der Waals surface area (Å²) in [6.45, 7) is 6.67. The molecule has 1 rings (SSSR count). The Kier molecular flexibility index (Phi) is 5.19. The lowest BCUT2D eigenvalue weighted by atomic mass is 10.1. The molecule has 4 heteroatoms. The van der Waals surface area contributed by atoms with Crippen LogP contribution in [-0.2, 0) is 6.54 Å². The zero-order chi connectivity index (χ0) is 12.1. The average molecular weight is 287 g/mol. The molecule has 0 saturated carbocycles. The first kappa shape index (κ1) is 13.4. The molecule has 0 amide bonds. The van der Waals surface area contributed by atoms with E-state index >= 15 is 0 Å². The van der Waals surface area contributed by atoms with Crippen LogP contribution in [0.15, 0.2) is 10.9 Å². The van der Waals surface area contributed by atoms with E-state index in [0.29, 0.717) is 5.92 Å². The largest absolute Gasteiger partial charge is 0.297 e. The summed E-state index contributed by atoms with van der Waals surface area (Å²) in [5, 5.41) is 0.931. The third kappa shape index (κ3) is 3.44. The number of alkyl halides is 1. The van der Waals surface area contributed by atoms with Crippen molar-refractivity contribution in [2.45, 2.75) is 40.2 Å². The van der Waals surface area contributed by atoms with Crippen molar-refractivity contribution in [1.29, 1.82) is 0 Å². The van der Waals surface area contributed by atoms with Crippen LogP contribution in [0.5, 0.6) is 0 Å². The second-order valence-corrected chi connectivity index (χ2v) is 4.85. The first-order valence-corrected chi connectivity index (χ1v) is 6.81. The van der Waals surface area contributed by atoms with Crippen LogP contribution in [0.25, 0.3) is 0 Å². The molecule has 1 unspecified atom stereocenters. The monoisotopic (exact) mass is 286 g/mol. The van der Waals surface area contributed by atoms with E-state index in [1.54, 1.807) is 10.6 Å². The molecule has 0 aliphatic carbocycles. The zero-order valence-corrected chi connectivity index (χ0v) is 11.7. The van der Waals surface area contributed by atoms with Gasteiger partial charge in [-0.2, -0.15) is 0 Å². The van der Waals surface area contributed by atoms with E-state index in [2.05, 4.69) is 27.8 Å². The Morgan fingerprint density at radius 2 is 2.19 bits per heavy atom. The molecule has 0 radical (unpaired) electrons. The summed E-state index contributed by atoms with van der Waals surface area (Å²) in [4.78, 5) is 16.2. The Balaban J connectivity index is 2.92. The Morgan fingerprint density at radius 3 is 2.69 bits per heavy atom. The van der Waals surface area contributed by atoms with Gasteiger partial charge in [0.1, 0.15) is 5.82 Å². The molecule has 0 saturated heterocycles. The molecular weight excluding hydrogens is 268 g/mol. The number of nitrogens with zero attached hydrogens (tertiary/aromatic N) is 2. The molecule has 16 heavy (non-hydrogen) atoms. The molecule has 0 aromatic carbocycles. The van der Waals surface area contributed by atoms with Crippen LogP contribution in [0, 0.1) is 19.8 Å². The van der Waals surface area contributed by atoms with Crippen molar-refractivity contribution >= 4 is 15.9 Å². The number of hydrogen-bond acceptors (Lipinski definition) is 2. The molecule has 90 valence electrons. The maximum Gasteiger partial charge on any atom is 0.253 e. The number of aryl methyl sites for hydroxylation is 2. The fourth-order valence-corrected chi connectivity index (χ4v) is 2.40. The van der Waals surface area contributed by atoms with Crippen molar-refractivity contribution in [3.8, 4) is 0 Å². The highest BCUT2D eigenvalue weighted by Crippen LogP contribution is 2.12. The molecule has 1 heterocycles. The highest BCUT2D eigenvalue weighted by atomic mass is 79.9. The highest BCUT2D eigenvalue weighted by Gasteiger charge is 2.10. The van der Waals surface area contributed by atoms with Crippen LogP contribution in [0.2, 0.25) is 0 Å². The maximum absolute atomic E-state index is 11.8. The van der Waals surface area contributed by atoms with Gasteiger partial charge in [0.2, 0.25) is 0 Å². The van der Waals surface area contributed by atoms with E-state index in [9.17, 15) is 4.79 Å². The van der Waals surface area contributed by atoms with Gasteiger partial charge in [-0.05, 0) is 26.2 Å². The SMILES string of the molecule is CCCC(CBr)Cn1c(C)nc(C)cc1=O. The minimum Gasteiger partial charge on any atom is -0.297 e. The van der Waals surface area contributed by atoms with Crippen LogP contribution < -0.4 is 5.56 Å². The number of hydrogen-bond donors (Lipinski definition) is 0. The molecule has 0 fully saturated rings. The minimum absolute atomic E-state index is 0.0621. The summed E-state index contributed by atoms with van der Waals surface area (Å²) < 4.78 is 1.77. The van der Waals surface area contributed by atoms with Crippen LogP contribution in [0.3, 0.4) is 0 Å². The van der Waals surface area contributed by atoms with Crippen LogP contribution in [0.1, 0.15) is 31.3 Å². The van der Waals surface area contributed by atoms with E-state index < -0.39 is 0 Å². The molecule has 0 aliphatic rings. The lowest BCUT2D eigenvalue weighted by Gasteiger charge is -2.16. The third-order valence-electron chi connectivity index (χ3n) is 2.68. The summed E-state index contributed by atoms with van der Waals surface area (Å²) in [5.41, 5.74) is 0.858. The van der Waals surface area contributed by atoms with Crippen molar-refractivity contribution in [3.63, 3.8) is 0 Å². The average Bonchev–Trinajstić information content (AvgIpc) is 2.21. The third-order valence-corrected chi connectivity index (χ3v) is 3.60. The molecule has 3 nitrogen and oxygen atoms in total. The van der Waals surface area contributed by atoms with Crippen LogP contribution >= 0.6 is 15.9 Å². The summed E-state index contributed by atoms with van der Waals surface area (Å²) in [7, 11) is 0. The van der Waals surface area contributed by atoms with E-state index in [4.69, 9.17) is 0 Å². The number of rotatable bonds is 5. The van der Waals surface area contributed by atoms with Gasteiger partial charge in [0, 0.05) is 23.6 Å². The standard InChI is InChI=1S/C12H19BrN2O/c1-4-5-11(7-13)8-15-10(3)14-9(2)6-12(15)16/h6,11H,4-5,7-8H2,1-3H3. The zero-order valence-electron chi connectivity index (χ0n) is 10.2. The van der Waals surface area contributed by atoms with Gasteiger partial charge in [-0.1, -0.05) is 29.3 Å². The smallest absolute Gasteiger partial charge is 0.253 e. The van der Waals surface area contributed by atoms with Gasteiger partial charge in [0.15, 0.2) is 0 Å². The molecule has 0 N–H and O–H groups in total. The van der Waals surface area contributed by atoms with Crippen LogP contribution in [0.4, 0.5) is 0 Å². The topological polar surface area (TPSA) is 34.9 Å². The fraction of sp³-hybridized carbons (Fsp3) is 0.667. The second-order valence-electron chi connectivity index (χ2n) is 4.20. The Labute approximate surface area is 105 Å². The second kappa shape index (κ2) is 6.18.